The number of nitrogens with zero attached hydrogens (tertiary/aromatic N) is 1. The minimum Gasteiger partial charge on any atom is -0.273 e. The van der Waals surface area contributed by atoms with E-state index in [2.05, 4.69) is 24.4 Å². The average molecular weight is 361 g/mol. The van der Waals surface area contributed by atoms with Crippen molar-refractivity contribution < 1.29 is 4.79 Å². The van der Waals surface area contributed by atoms with Crippen molar-refractivity contribution in [2.45, 2.75) is 110 Å². The van der Waals surface area contributed by atoms with Gasteiger partial charge in [-0.25, -0.2) is 5.43 Å². The molecule has 1 N–H and O–H groups in total. The van der Waals surface area contributed by atoms with Gasteiger partial charge in [-0.05, 0) is 69.6 Å². The molecule has 4 aliphatic carbocycles. The van der Waals surface area contributed by atoms with Gasteiger partial charge in [0.1, 0.15) is 0 Å². The lowest BCUT2D eigenvalue weighted by molar-refractivity contribution is -0.121. The van der Waals surface area contributed by atoms with Crippen molar-refractivity contribution in [2.75, 3.05) is 0 Å². The predicted octanol–water partition coefficient (Wildman–Crippen LogP) is 6.23. The Hall–Kier alpha value is -0.860. The summed E-state index contributed by atoms with van der Waals surface area (Å²) >= 11 is 0. The molecular formula is C23H40N2O. The lowest BCUT2D eigenvalue weighted by atomic mass is 9.48. The van der Waals surface area contributed by atoms with Crippen LogP contribution < -0.4 is 5.43 Å². The normalized spacial score (nSPS) is 32.8. The monoisotopic (exact) mass is 360 g/mol. The second kappa shape index (κ2) is 9.37. The number of carbonyl (C=O) groups is 1. The van der Waals surface area contributed by atoms with E-state index in [1.165, 1.54) is 89.2 Å². The smallest absolute Gasteiger partial charge is 0.240 e. The highest BCUT2D eigenvalue weighted by Gasteiger charge is 2.52. The Labute approximate surface area is 160 Å². The van der Waals surface area contributed by atoms with Crippen molar-refractivity contribution in [2.24, 2.45) is 28.3 Å². The van der Waals surface area contributed by atoms with Crippen LogP contribution in [0.2, 0.25) is 0 Å². The predicted molar refractivity (Wildman–Crippen MR) is 109 cm³/mol. The number of hydrogen-bond donors (Lipinski definition) is 1. The molecule has 26 heavy (non-hydrogen) atoms. The molecule has 148 valence electrons. The summed E-state index contributed by atoms with van der Waals surface area (Å²) in [4.78, 5) is 12.1. The van der Waals surface area contributed by atoms with Gasteiger partial charge >= 0.3 is 0 Å². The second-order valence-electron chi connectivity index (χ2n) is 9.65. The molecule has 4 fully saturated rings. The largest absolute Gasteiger partial charge is 0.273 e. The highest BCUT2D eigenvalue weighted by Crippen LogP contribution is 2.60. The van der Waals surface area contributed by atoms with Gasteiger partial charge in [-0.2, -0.15) is 5.10 Å². The fourth-order valence-electron chi connectivity index (χ4n) is 6.29. The molecular weight excluding hydrogens is 320 g/mol. The van der Waals surface area contributed by atoms with E-state index in [0.29, 0.717) is 11.8 Å². The summed E-state index contributed by atoms with van der Waals surface area (Å²) in [7, 11) is 0. The molecule has 4 saturated carbocycles. The van der Waals surface area contributed by atoms with Gasteiger partial charge < -0.3 is 0 Å². The van der Waals surface area contributed by atoms with E-state index in [1.807, 2.05) is 0 Å². The number of hydrazone groups is 1. The molecule has 4 bridgehead atoms. The zero-order valence-corrected chi connectivity index (χ0v) is 17.2. The second-order valence-corrected chi connectivity index (χ2v) is 9.65. The van der Waals surface area contributed by atoms with Crippen LogP contribution in [0.1, 0.15) is 110 Å². The zero-order chi connectivity index (χ0) is 18.4. The Morgan fingerprint density at radius 1 is 0.885 bits per heavy atom. The molecule has 0 heterocycles. The molecule has 0 aromatic carbocycles. The third kappa shape index (κ3) is 5.10. The van der Waals surface area contributed by atoms with E-state index in [9.17, 15) is 4.79 Å². The molecule has 0 radical (unpaired) electrons. The summed E-state index contributed by atoms with van der Waals surface area (Å²) in [6.45, 7) is 4.43. The fraction of sp³-hybridized carbons (Fsp3) is 0.913. The molecule has 0 spiro atoms. The molecule has 3 nitrogen and oxygen atoms in total. The molecule has 0 atom stereocenters. The first-order valence-corrected chi connectivity index (χ1v) is 11.4. The summed E-state index contributed by atoms with van der Waals surface area (Å²) < 4.78 is 0. The number of hydrogen-bond acceptors (Lipinski definition) is 2. The van der Waals surface area contributed by atoms with E-state index in [-0.39, 0.29) is 5.91 Å². The number of amides is 1. The van der Waals surface area contributed by atoms with Gasteiger partial charge in [-0.15, -0.1) is 0 Å². The van der Waals surface area contributed by atoms with Crippen molar-refractivity contribution in [1.29, 1.82) is 0 Å². The Morgan fingerprint density at radius 2 is 1.38 bits per heavy atom. The zero-order valence-electron chi connectivity index (χ0n) is 17.2. The van der Waals surface area contributed by atoms with Crippen LogP contribution in [0, 0.1) is 23.2 Å². The van der Waals surface area contributed by atoms with Gasteiger partial charge in [0.25, 0.3) is 0 Å². The minimum atomic E-state index is 0.111. The van der Waals surface area contributed by atoms with Gasteiger partial charge in [-0.3, -0.25) is 4.79 Å². The van der Waals surface area contributed by atoms with E-state index < -0.39 is 0 Å². The van der Waals surface area contributed by atoms with Crippen molar-refractivity contribution in [3.63, 3.8) is 0 Å². The number of carbonyl (C=O) groups excluding carboxylic acids is 1. The molecule has 0 aromatic rings. The van der Waals surface area contributed by atoms with Crippen LogP contribution in [0.4, 0.5) is 0 Å². The van der Waals surface area contributed by atoms with Gasteiger partial charge in [0.05, 0.1) is 0 Å². The van der Waals surface area contributed by atoms with Gasteiger partial charge in [0, 0.05) is 17.5 Å². The van der Waals surface area contributed by atoms with Gasteiger partial charge in [-0.1, -0.05) is 51.9 Å². The standard InChI is InChI=1S/C23H40N2O/c1-3-4-5-6-7-8-9-10-11-22(26)25-24-18(2)23-15-19-12-20(16-23)14-21(13-19)17-23/h19-21H,3-17H2,1-2H3,(H,25,26). The van der Waals surface area contributed by atoms with Crippen LogP contribution in [0.5, 0.6) is 0 Å². The maximum atomic E-state index is 12.1. The van der Waals surface area contributed by atoms with Crippen LogP contribution in [0.15, 0.2) is 5.10 Å². The van der Waals surface area contributed by atoms with Crippen molar-refractivity contribution >= 4 is 11.6 Å². The molecule has 0 saturated heterocycles. The molecule has 4 rings (SSSR count). The fourth-order valence-corrected chi connectivity index (χ4v) is 6.29. The third-order valence-electron chi connectivity index (χ3n) is 7.41. The number of unbranched alkanes of at least 4 members (excludes halogenated alkanes) is 7. The maximum Gasteiger partial charge on any atom is 0.240 e. The lowest BCUT2D eigenvalue weighted by Crippen LogP contribution is -2.49. The molecule has 0 unspecified atom stereocenters. The van der Waals surface area contributed by atoms with Crippen LogP contribution in [-0.4, -0.2) is 11.6 Å². The van der Waals surface area contributed by atoms with E-state index >= 15 is 0 Å². The first kappa shape index (κ1) is 19.9. The van der Waals surface area contributed by atoms with Crippen LogP contribution in [-0.2, 0) is 4.79 Å². The quantitative estimate of drug-likeness (QED) is 0.265. The highest BCUT2D eigenvalue weighted by molar-refractivity contribution is 5.89. The summed E-state index contributed by atoms with van der Waals surface area (Å²) in [5.74, 6) is 2.90. The van der Waals surface area contributed by atoms with E-state index in [0.717, 1.165) is 24.2 Å². The van der Waals surface area contributed by atoms with Gasteiger partial charge in [0.2, 0.25) is 5.91 Å². The number of nitrogens with one attached hydrogen (secondary N) is 1. The van der Waals surface area contributed by atoms with Crippen molar-refractivity contribution in [3.05, 3.63) is 0 Å². The maximum absolute atomic E-state index is 12.1. The summed E-state index contributed by atoms with van der Waals surface area (Å²) in [5, 5.41) is 4.58. The van der Waals surface area contributed by atoms with Crippen LogP contribution >= 0.6 is 0 Å². The first-order chi connectivity index (χ1) is 12.6. The third-order valence-corrected chi connectivity index (χ3v) is 7.41. The lowest BCUT2D eigenvalue weighted by Gasteiger charge is -2.56. The summed E-state index contributed by atoms with van der Waals surface area (Å²) in [5.41, 5.74) is 4.40. The van der Waals surface area contributed by atoms with E-state index in [1.54, 1.807) is 0 Å². The topological polar surface area (TPSA) is 41.5 Å². The van der Waals surface area contributed by atoms with Crippen LogP contribution in [0.25, 0.3) is 0 Å². The molecule has 0 aliphatic heterocycles. The minimum absolute atomic E-state index is 0.111. The summed E-state index contributed by atoms with van der Waals surface area (Å²) in [6.07, 6.45) is 19.1. The first-order valence-electron chi connectivity index (χ1n) is 11.4. The Morgan fingerprint density at radius 3 is 1.92 bits per heavy atom. The number of rotatable bonds is 11. The van der Waals surface area contributed by atoms with E-state index in [4.69, 9.17) is 0 Å². The van der Waals surface area contributed by atoms with Crippen LogP contribution in [0.3, 0.4) is 0 Å². The molecule has 1 amide bonds. The average Bonchev–Trinajstić information content (AvgIpc) is 2.60. The van der Waals surface area contributed by atoms with Gasteiger partial charge in [0.15, 0.2) is 0 Å². The van der Waals surface area contributed by atoms with Crippen molar-refractivity contribution in [3.8, 4) is 0 Å². The Balaban J connectivity index is 1.33. The molecule has 4 aliphatic rings. The van der Waals surface area contributed by atoms with Crippen molar-refractivity contribution in [1.82, 2.24) is 5.43 Å². The Bertz CT molecular complexity index is 461. The highest BCUT2D eigenvalue weighted by atomic mass is 16.2. The molecule has 3 heteroatoms. The Kier molecular flexibility index (Phi) is 7.17. The SMILES string of the molecule is CCCCCCCCCCC(=O)NN=C(C)C12CC3CC(CC(C3)C1)C2. The summed E-state index contributed by atoms with van der Waals surface area (Å²) in [6, 6.07) is 0. The molecule has 0 aromatic heterocycles.